The molecule has 4 nitrogen and oxygen atoms in total. The smallest absolute Gasteiger partial charge is 0.308 e. The van der Waals surface area contributed by atoms with Gasteiger partial charge in [0.05, 0.1) is 12.2 Å². The standard InChI is InChI=1S/C13H19NO3/c1-9(4-5-10-3-2-8-17-10)14-12-7-6-11(12)13(15)16/h2-3,8-9,11-12,14H,4-7H2,1H3,(H,15,16). The molecule has 0 radical (unpaired) electrons. The van der Waals surface area contributed by atoms with E-state index in [9.17, 15) is 4.79 Å². The second kappa shape index (κ2) is 5.36. The zero-order valence-corrected chi connectivity index (χ0v) is 10.1. The number of rotatable bonds is 6. The summed E-state index contributed by atoms with van der Waals surface area (Å²) in [5.74, 6) is 0.120. The fourth-order valence-electron chi connectivity index (χ4n) is 2.26. The van der Waals surface area contributed by atoms with Gasteiger partial charge in [-0.25, -0.2) is 0 Å². The van der Waals surface area contributed by atoms with E-state index in [1.54, 1.807) is 6.26 Å². The first-order valence-electron chi connectivity index (χ1n) is 6.18. The highest BCUT2D eigenvalue weighted by Crippen LogP contribution is 2.28. The summed E-state index contributed by atoms with van der Waals surface area (Å²) >= 11 is 0. The molecule has 1 aliphatic carbocycles. The van der Waals surface area contributed by atoms with E-state index in [1.165, 1.54) is 0 Å². The van der Waals surface area contributed by atoms with Gasteiger partial charge in [-0.05, 0) is 38.3 Å². The number of hydrogen-bond donors (Lipinski definition) is 2. The third kappa shape index (κ3) is 3.09. The number of carboxylic acid groups (broad SMARTS) is 1. The molecule has 2 N–H and O–H groups in total. The molecule has 1 heterocycles. The summed E-state index contributed by atoms with van der Waals surface area (Å²) in [7, 11) is 0. The molecule has 1 aromatic heterocycles. The first kappa shape index (κ1) is 12.2. The van der Waals surface area contributed by atoms with Crippen molar-refractivity contribution in [1.82, 2.24) is 5.32 Å². The number of furan rings is 1. The van der Waals surface area contributed by atoms with Crippen LogP contribution in [0.25, 0.3) is 0 Å². The highest BCUT2D eigenvalue weighted by molar-refractivity contribution is 5.72. The molecule has 0 saturated heterocycles. The van der Waals surface area contributed by atoms with Gasteiger partial charge in [-0.1, -0.05) is 0 Å². The molecule has 1 fully saturated rings. The normalized spacial score (nSPS) is 25.2. The zero-order valence-electron chi connectivity index (χ0n) is 10.1. The van der Waals surface area contributed by atoms with Crippen molar-refractivity contribution in [2.24, 2.45) is 5.92 Å². The number of carboxylic acids is 1. The van der Waals surface area contributed by atoms with Crippen LogP contribution in [-0.4, -0.2) is 23.2 Å². The van der Waals surface area contributed by atoms with E-state index in [0.717, 1.165) is 31.4 Å². The molecule has 17 heavy (non-hydrogen) atoms. The van der Waals surface area contributed by atoms with Crippen molar-refractivity contribution < 1.29 is 14.3 Å². The van der Waals surface area contributed by atoms with Crippen LogP contribution in [0.15, 0.2) is 22.8 Å². The van der Waals surface area contributed by atoms with Gasteiger partial charge in [0.2, 0.25) is 0 Å². The predicted molar refractivity (Wildman–Crippen MR) is 63.8 cm³/mol. The minimum atomic E-state index is -0.674. The van der Waals surface area contributed by atoms with Crippen molar-refractivity contribution in [3.8, 4) is 0 Å². The molecule has 0 amide bonds. The molecule has 0 bridgehead atoms. The van der Waals surface area contributed by atoms with Crippen LogP contribution in [0.1, 0.15) is 31.9 Å². The van der Waals surface area contributed by atoms with Crippen LogP contribution in [-0.2, 0) is 11.2 Å². The summed E-state index contributed by atoms with van der Waals surface area (Å²) < 4.78 is 5.27. The molecular weight excluding hydrogens is 218 g/mol. The Labute approximate surface area is 101 Å². The van der Waals surface area contributed by atoms with Crippen LogP contribution in [0.2, 0.25) is 0 Å². The Balaban J connectivity index is 1.70. The van der Waals surface area contributed by atoms with Crippen LogP contribution in [0.3, 0.4) is 0 Å². The van der Waals surface area contributed by atoms with Crippen molar-refractivity contribution in [2.45, 2.75) is 44.7 Å². The summed E-state index contributed by atoms with van der Waals surface area (Å²) in [5.41, 5.74) is 0. The minimum Gasteiger partial charge on any atom is -0.481 e. The predicted octanol–water partition coefficient (Wildman–Crippen LogP) is 2.05. The van der Waals surface area contributed by atoms with E-state index < -0.39 is 5.97 Å². The summed E-state index contributed by atoms with van der Waals surface area (Å²) in [6, 6.07) is 4.34. The van der Waals surface area contributed by atoms with Crippen LogP contribution in [0.5, 0.6) is 0 Å². The van der Waals surface area contributed by atoms with Crippen molar-refractivity contribution in [2.75, 3.05) is 0 Å². The third-order valence-electron chi connectivity index (χ3n) is 3.49. The first-order valence-corrected chi connectivity index (χ1v) is 6.18. The fourth-order valence-corrected chi connectivity index (χ4v) is 2.26. The SMILES string of the molecule is CC(CCc1ccco1)NC1CCC1C(=O)O. The molecule has 1 aliphatic rings. The maximum Gasteiger partial charge on any atom is 0.308 e. The van der Waals surface area contributed by atoms with E-state index in [4.69, 9.17) is 9.52 Å². The minimum absolute atomic E-state index is 0.152. The summed E-state index contributed by atoms with van der Waals surface area (Å²) in [6.07, 6.45) is 5.32. The van der Waals surface area contributed by atoms with Crippen LogP contribution in [0.4, 0.5) is 0 Å². The third-order valence-corrected chi connectivity index (χ3v) is 3.49. The molecule has 4 heteroatoms. The van der Waals surface area contributed by atoms with E-state index in [-0.39, 0.29) is 12.0 Å². The van der Waals surface area contributed by atoms with Crippen molar-refractivity contribution >= 4 is 5.97 Å². The van der Waals surface area contributed by atoms with Gasteiger partial charge in [-0.2, -0.15) is 0 Å². The number of aryl methyl sites for hydroxylation is 1. The van der Waals surface area contributed by atoms with E-state index in [2.05, 4.69) is 12.2 Å². The lowest BCUT2D eigenvalue weighted by Gasteiger charge is -2.36. The Morgan fingerprint density at radius 2 is 2.47 bits per heavy atom. The lowest BCUT2D eigenvalue weighted by Crippen LogP contribution is -2.50. The van der Waals surface area contributed by atoms with Gasteiger partial charge in [-0.3, -0.25) is 4.79 Å². The van der Waals surface area contributed by atoms with Gasteiger partial charge in [0.25, 0.3) is 0 Å². The monoisotopic (exact) mass is 237 g/mol. The molecule has 3 atom stereocenters. The number of carbonyl (C=O) groups is 1. The van der Waals surface area contributed by atoms with Gasteiger partial charge < -0.3 is 14.8 Å². The Kier molecular flexibility index (Phi) is 3.84. The van der Waals surface area contributed by atoms with Crippen LogP contribution in [0, 0.1) is 5.92 Å². The highest BCUT2D eigenvalue weighted by atomic mass is 16.4. The molecule has 0 aliphatic heterocycles. The van der Waals surface area contributed by atoms with Gasteiger partial charge in [-0.15, -0.1) is 0 Å². The van der Waals surface area contributed by atoms with E-state index in [1.807, 2.05) is 12.1 Å². The van der Waals surface area contributed by atoms with Crippen molar-refractivity contribution in [3.63, 3.8) is 0 Å². The molecule has 94 valence electrons. The van der Waals surface area contributed by atoms with Crippen molar-refractivity contribution in [3.05, 3.63) is 24.2 Å². The lowest BCUT2D eigenvalue weighted by molar-refractivity contribution is -0.146. The number of hydrogen-bond acceptors (Lipinski definition) is 3. The second-order valence-corrected chi connectivity index (χ2v) is 4.81. The van der Waals surface area contributed by atoms with Crippen LogP contribution < -0.4 is 5.32 Å². The average Bonchev–Trinajstić information content (AvgIpc) is 2.73. The molecule has 0 spiro atoms. The summed E-state index contributed by atoms with van der Waals surface area (Å²) in [4.78, 5) is 10.9. The van der Waals surface area contributed by atoms with Crippen molar-refractivity contribution in [1.29, 1.82) is 0 Å². The average molecular weight is 237 g/mol. The van der Waals surface area contributed by atoms with E-state index >= 15 is 0 Å². The Morgan fingerprint density at radius 1 is 1.65 bits per heavy atom. The summed E-state index contributed by atoms with van der Waals surface area (Å²) in [5, 5.41) is 12.3. The Hall–Kier alpha value is -1.29. The fraction of sp³-hybridized carbons (Fsp3) is 0.615. The molecule has 1 saturated carbocycles. The maximum atomic E-state index is 10.9. The van der Waals surface area contributed by atoms with Gasteiger partial charge >= 0.3 is 5.97 Å². The Morgan fingerprint density at radius 3 is 3.00 bits per heavy atom. The topological polar surface area (TPSA) is 62.5 Å². The molecule has 2 rings (SSSR count). The molecular formula is C13H19NO3. The molecule has 3 unspecified atom stereocenters. The zero-order chi connectivity index (χ0) is 12.3. The molecule has 1 aromatic rings. The maximum absolute atomic E-state index is 10.9. The first-order chi connectivity index (χ1) is 8.16. The quantitative estimate of drug-likeness (QED) is 0.795. The van der Waals surface area contributed by atoms with Gasteiger partial charge in [0, 0.05) is 18.5 Å². The van der Waals surface area contributed by atoms with Crippen LogP contribution >= 0.6 is 0 Å². The van der Waals surface area contributed by atoms with E-state index in [0.29, 0.717) is 6.04 Å². The molecule has 0 aromatic carbocycles. The second-order valence-electron chi connectivity index (χ2n) is 4.81. The number of aliphatic carboxylic acids is 1. The Bertz CT molecular complexity index is 361. The van der Waals surface area contributed by atoms with Gasteiger partial charge in [0.15, 0.2) is 0 Å². The largest absolute Gasteiger partial charge is 0.481 e. The number of nitrogens with one attached hydrogen (secondary N) is 1. The summed E-state index contributed by atoms with van der Waals surface area (Å²) in [6.45, 7) is 2.10. The van der Waals surface area contributed by atoms with Gasteiger partial charge in [0.1, 0.15) is 5.76 Å². The highest BCUT2D eigenvalue weighted by Gasteiger charge is 2.36. The lowest BCUT2D eigenvalue weighted by atomic mass is 9.79.